The van der Waals surface area contributed by atoms with E-state index in [0.717, 1.165) is 24.8 Å². The predicted octanol–water partition coefficient (Wildman–Crippen LogP) is 2.87. The van der Waals surface area contributed by atoms with Crippen molar-refractivity contribution in [1.29, 1.82) is 0 Å². The Labute approximate surface area is 145 Å². The van der Waals surface area contributed by atoms with Crippen LogP contribution in [-0.4, -0.2) is 34.6 Å². The van der Waals surface area contributed by atoms with Crippen LogP contribution in [0.15, 0.2) is 28.9 Å². The fourth-order valence-electron chi connectivity index (χ4n) is 3.37. The van der Waals surface area contributed by atoms with Crippen LogP contribution in [0, 0.1) is 0 Å². The van der Waals surface area contributed by atoms with Crippen LogP contribution in [-0.2, 0) is 12.8 Å². The van der Waals surface area contributed by atoms with Gasteiger partial charge in [-0.3, -0.25) is 5.10 Å². The molecule has 1 aliphatic rings. The largest absolute Gasteiger partial charge is 0.493 e. The Kier molecular flexibility index (Phi) is 4.13. The molecule has 0 radical (unpaired) electrons. The van der Waals surface area contributed by atoms with E-state index in [1.54, 1.807) is 14.2 Å². The van der Waals surface area contributed by atoms with Crippen LogP contribution in [0.1, 0.15) is 47.3 Å². The summed E-state index contributed by atoms with van der Waals surface area (Å²) in [7, 11) is 3.25. The highest BCUT2D eigenvalue weighted by Gasteiger charge is 2.28. The van der Waals surface area contributed by atoms with Crippen LogP contribution in [0.4, 0.5) is 0 Å². The molecule has 4 rings (SSSR count). The fraction of sp³-hybridized carbons (Fsp3) is 0.389. The number of hydrogen-bond donors (Lipinski definition) is 1. The first-order valence-electron chi connectivity index (χ1n) is 8.34. The summed E-state index contributed by atoms with van der Waals surface area (Å²) in [6.07, 6.45) is 5.57. The molecule has 130 valence electrons. The predicted molar refractivity (Wildman–Crippen MR) is 90.0 cm³/mol. The van der Waals surface area contributed by atoms with E-state index in [2.05, 4.69) is 20.3 Å². The molecule has 0 spiro atoms. The third kappa shape index (κ3) is 2.97. The second-order valence-corrected chi connectivity index (χ2v) is 6.16. The second-order valence-electron chi connectivity index (χ2n) is 6.16. The van der Waals surface area contributed by atoms with E-state index in [0.29, 0.717) is 29.6 Å². The number of fused-ring (bicyclic) bond motifs is 1. The normalized spacial score (nSPS) is 16.5. The van der Waals surface area contributed by atoms with E-state index in [-0.39, 0.29) is 5.92 Å². The summed E-state index contributed by atoms with van der Waals surface area (Å²) in [5, 5.41) is 11.4. The van der Waals surface area contributed by atoms with Crippen LogP contribution >= 0.6 is 0 Å². The molecule has 0 aliphatic heterocycles. The van der Waals surface area contributed by atoms with Gasteiger partial charge in [-0.15, -0.1) is 0 Å². The molecule has 2 heterocycles. The van der Waals surface area contributed by atoms with Crippen molar-refractivity contribution in [2.24, 2.45) is 0 Å². The minimum Gasteiger partial charge on any atom is -0.493 e. The number of benzene rings is 1. The van der Waals surface area contributed by atoms with E-state index < -0.39 is 0 Å². The van der Waals surface area contributed by atoms with Gasteiger partial charge in [0, 0.05) is 17.7 Å². The number of ether oxygens (including phenoxy) is 2. The van der Waals surface area contributed by atoms with Crippen LogP contribution in [0.3, 0.4) is 0 Å². The van der Waals surface area contributed by atoms with Crippen molar-refractivity contribution in [3.63, 3.8) is 0 Å². The maximum absolute atomic E-state index is 5.55. The van der Waals surface area contributed by atoms with Gasteiger partial charge in [0.05, 0.1) is 26.3 Å². The van der Waals surface area contributed by atoms with E-state index in [9.17, 15) is 0 Å². The smallest absolute Gasteiger partial charge is 0.234 e. The lowest BCUT2D eigenvalue weighted by Crippen LogP contribution is -2.10. The van der Waals surface area contributed by atoms with E-state index in [4.69, 9.17) is 14.0 Å². The molecule has 3 aromatic rings. The molecule has 1 N–H and O–H groups in total. The Bertz CT molecular complexity index is 871. The summed E-state index contributed by atoms with van der Waals surface area (Å²) in [4.78, 5) is 4.61. The number of H-pyrrole nitrogens is 1. The fourth-order valence-corrected chi connectivity index (χ4v) is 3.37. The molecule has 0 saturated heterocycles. The SMILES string of the molecule is COc1ccc(Cc2noc(C3CCCc4[nH]ncc43)n2)cc1OC. The van der Waals surface area contributed by atoms with Crippen molar-refractivity contribution in [3.8, 4) is 11.5 Å². The van der Waals surface area contributed by atoms with Gasteiger partial charge in [-0.1, -0.05) is 11.2 Å². The highest BCUT2D eigenvalue weighted by Crippen LogP contribution is 2.35. The Morgan fingerprint density at radius 3 is 2.96 bits per heavy atom. The molecule has 0 fully saturated rings. The molecule has 0 saturated carbocycles. The molecular weight excluding hydrogens is 320 g/mol. The maximum Gasteiger partial charge on any atom is 0.234 e. The number of hydrogen-bond acceptors (Lipinski definition) is 6. The highest BCUT2D eigenvalue weighted by atomic mass is 16.5. The van der Waals surface area contributed by atoms with Crippen molar-refractivity contribution in [1.82, 2.24) is 20.3 Å². The van der Waals surface area contributed by atoms with Crippen LogP contribution in [0.25, 0.3) is 0 Å². The number of rotatable bonds is 5. The summed E-state index contributed by atoms with van der Waals surface area (Å²) < 4.78 is 16.2. The van der Waals surface area contributed by atoms with Crippen molar-refractivity contribution in [3.05, 3.63) is 52.9 Å². The Balaban J connectivity index is 1.55. The lowest BCUT2D eigenvalue weighted by Gasteiger charge is -2.17. The van der Waals surface area contributed by atoms with Crippen molar-refractivity contribution < 1.29 is 14.0 Å². The number of methoxy groups -OCH3 is 2. The first-order chi connectivity index (χ1) is 12.3. The number of nitrogens with one attached hydrogen (secondary N) is 1. The van der Waals surface area contributed by atoms with Crippen molar-refractivity contribution in [2.45, 2.75) is 31.6 Å². The quantitative estimate of drug-likeness (QED) is 0.768. The van der Waals surface area contributed by atoms with Crippen molar-refractivity contribution in [2.75, 3.05) is 14.2 Å². The van der Waals surface area contributed by atoms with E-state index in [1.165, 1.54) is 11.3 Å². The average molecular weight is 340 g/mol. The van der Waals surface area contributed by atoms with Crippen molar-refractivity contribution >= 4 is 0 Å². The number of nitrogens with zero attached hydrogens (tertiary/aromatic N) is 3. The average Bonchev–Trinajstić information content (AvgIpc) is 3.30. The molecule has 1 unspecified atom stereocenters. The van der Waals surface area contributed by atoms with Crippen LogP contribution in [0.2, 0.25) is 0 Å². The summed E-state index contributed by atoms with van der Waals surface area (Å²) in [5.41, 5.74) is 3.39. The summed E-state index contributed by atoms with van der Waals surface area (Å²) in [6, 6.07) is 5.80. The van der Waals surface area contributed by atoms with Gasteiger partial charge in [0.2, 0.25) is 5.89 Å². The van der Waals surface area contributed by atoms with Gasteiger partial charge >= 0.3 is 0 Å². The molecule has 2 aromatic heterocycles. The van der Waals surface area contributed by atoms with Crippen LogP contribution in [0.5, 0.6) is 11.5 Å². The molecule has 1 atom stereocenters. The lowest BCUT2D eigenvalue weighted by molar-refractivity contribution is 0.350. The molecule has 1 aliphatic carbocycles. The van der Waals surface area contributed by atoms with Gasteiger partial charge in [-0.2, -0.15) is 10.1 Å². The summed E-state index contributed by atoms with van der Waals surface area (Å²) >= 11 is 0. The Hall–Kier alpha value is -2.83. The molecule has 0 amide bonds. The molecule has 25 heavy (non-hydrogen) atoms. The zero-order chi connectivity index (χ0) is 17.2. The molecule has 1 aromatic carbocycles. The standard InChI is InChI=1S/C18H20N4O3/c1-23-15-7-6-11(8-16(15)24-2)9-17-20-18(25-22-17)12-4-3-5-14-13(12)10-19-21-14/h6-8,10,12H,3-5,9H2,1-2H3,(H,19,21). The Morgan fingerprint density at radius 2 is 2.12 bits per heavy atom. The monoisotopic (exact) mass is 340 g/mol. The van der Waals surface area contributed by atoms with Gasteiger partial charge < -0.3 is 14.0 Å². The zero-order valence-corrected chi connectivity index (χ0v) is 14.3. The van der Waals surface area contributed by atoms with E-state index in [1.807, 2.05) is 24.4 Å². The summed E-state index contributed by atoms with van der Waals surface area (Å²) in [6.45, 7) is 0. The van der Waals surface area contributed by atoms with Gasteiger partial charge in [-0.05, 0) is 37.0 Å². The van der Waals surface area contributed by atoms with Gasteiger partial charge in [0.25, 0.3) is 0 Å². The first kappa shape index (κ1) is 15.7. The highest BCUT2D eigenvalue weighted by molar-refractivity contribution is 5.43. The third-order valence-electron chi connectivity index (χ3n) is 4.64. The minimum absolute atomic E-state index is 0.133. The maximum atomic E-state index is 5.55. The zero-order valence-electron chi connectivity index (χ0n) is 14.3. The van der Waals surface area contributed by atoms with Gasteiger partial charge in [0.1, 0.15) is 0 Å². The number of aromatic amines is 1. The molecule has 7 heteroatoms. The molecule has 7 nitrogen and oxygen atoms in total. The lowest BCUT2D eigenvalue weighted by atomic mass is 9.87. The second kappa shape index (κ2) is 6.58. The molecular formula is C18H20N4O3. The topological polar surface area (TPSA) is 86.1 Å². The van der Waals surface area contributed by atoms with E-state index >= 15 is 0 Å². The third-order valence-corrected chi connectivity index (χ3v) is 4.64. The van der Waals surface area contributed by atoms with Gasteiger partial charge in [-0.25, -0.2) is 0 Å². The number of aromatic nitrogens is 4. The Morgan fingerprint density at radius 1 is 1.24 bits per heavy atom. The minimum atomic E-state index is 0.133. The van der Waals surface area contributed by atoms with Crippen LogP contribution < -0.4 is 9.47 Å². The number of aryl methyl sites for hydroxylation is 1. The van der Waals surface area contributed by atoms with Gasteiger partial charge in [0.15, 0.2) is 17.3 Å². The molecule has 0 bridgehead atoms. The summed E-state index contributed by atoms with van der Waals surface area (Å²) in [5.74, 6) is 2.86. The first-order valence-corrected chi connectivity index (χ1v) is 8.34.